The lowest BCUT2D eigenvalue weighted by atomic mass is 9.86. The molecule has 0 amide bonds. The van der Waals surface area contributed by atoms with Crippen molar-refractivity contribution in [1.82, 2.24) is 5.32 Å². The van der Waals surface area contributed by atoms with E-state index in [1.165, 1.54) is 19.8 Å². The molecule has 1 aromatic carbocycles. The van der Waals surface area contributed by atoms with Gasteiger partial charge in [-0.15, -0.1) is 11.3 Å². The minimum Gasteiger partial charge on any atom is -0.465 e. The van der Waals surface area contributed by atoms with E-state index in [-0.39, 0.29) is 17.0 Å². The van der Waals surface area contributed by atoms with Crippen LogP contribution in [0.1, 0.15) is 70.5 Å². The number of nitrogens with one attached hydrogen (secondary N) is 2. The normalized spacial score (nSPS) is 12.1. The maximum absolute atomic E-state index is 12.2. The van der Waals surface area contributed by atoms with Gasteiger partial charge in [0.25, 0.3) is 0 Å². The first-order chi connectivity index (χ1) is 14.0. The Kier molecular flexibility index (Phi) is 7.60. The van der Waals surface area contributed by atoms with Gasteiger partial charge in [-0.3, -0.25) is 0 Å². The lowest BCUT2D eigenvalue weighted by molar-refractivity contribution is 0.0601. The summed E-state index contributed by atoms with van der Waals surface area (Å²) in [7, 11) is 2.59. The second kappa shape index (κ2) is 9.57. The Labute approximate surface area is 187 Å². The van der Waals surface area contributed by atoms with Crippen LogP contribution < -0.4 is 10.6 Å². The molecule has 1 atom stereocenters. The number of thiocarbonyl (C=S) groups is 1. The Morgan fingerprint density at radius 1 is 1.07 bits per heavy atom. The maximum Gasteiger partial charge on any atom is 0.348 e. The summed E-state index contributed by atoms with van der Waals surface area (Å²) in [5, 5.41) is 7.03. The van der Waals surface area contributed by atoms with Crippen LogP contribution in [0.15, 0.2) is 24.3 Å². The van der Waals surface area contributed by atoms with Crippen LogP contribution in [0.4, 0.5) is 5.00 Å². The topological polar surface area (TPSA) is 76.7 Å². The average Bonchev–Trinajstić information content (AvgIpc) is 3.01. The van der Waals surface area contributed by atoms with Gasteiger partial charge in [-0.1, -0.05) is 45.0 Å². The van der Waals surface area contributed by atoms with E-state index in [9.17, 15) is 9.59 Å². The van der Waals surface area contributed by atoms with Crippen LogP contribution in [0.3, 0.4) is 0 Å². The molecule has 0 aliphatic carbocycles. The van der Waals surface area contributed by atoms with E-state index >= 15 is 0 Å². The van der Waals surface area contributed by atoms with Crippen LogP contribution in [0.25, 0.3) is 0 Å². The standard InChI is InChI=1S/C22H28N2O4S2/c1-12-16(19(25)27-6)18(30-17(12)20(26)28-7)24-21(29)23-13(2)14-8-10-15(11-9-14)22(3,4)5/h8-11,13H,1-7H3,(H2,23,24,29). The molecule has 0 spiro atoms. The number of thiophene rings is 1. The quantitative estimate of drug-likeness (QED) is 0.494. The van der Waals surface area contributed by atoms with Gasteiger partial charge in [-0.25, -0.2) is 9.59 Å². The second-order valence-corrected chi connectivity index (χ2v) is 9.36. The van der Waals surface area contributed by atoms with Crippen molar-refractivity contribution in [3.8, 4) is 0 Å². The summed E-state index contributed by atoms with van der Waals surface area (Å²) in [6.07, 6.45) is 0. The Hall–Kier alpha value is -2.45. The van der Waals surface area contributed by atoms with Crippen LogP contribution in [0.2, 0.25) is 0 Å². The molecule has 1 unspecified atom stereocenters. The van der Waals surface area contributed by atoms with Crippen LogP contribution in [-0.4, -0.2) is 31.3 Å². The number of methoxy groups -OCH3 is 2. The molecule has 8 heteroatoms. The van der Waals surface area contributed by atoms with Gasteiger partial charge in [0.15, 0.2) is 5.11 Å². The number of carbonyl (C=O) groups excluding carboxylic acids is 2. The van der Waals surface area contributed by atoms with Crippen molar-refractivity contribution >= 4 is 45.6 Å². The monoisotopic (exact) mass is 448 g/mol. The molecule has 0 aliphatic rings. The van der Waals surface area contributed by atoms with Crippen molar-refractivity contribution in [3.05, 3.63) is 51.4 Å². The molecular formula is C22H28N2O4S2. The Morgan fingerprint density at radius 2 is 1.63 bits per heavy atom. The van der Waals surface area contributed by atoms with Crippen molar-refractivity contribution in [2.24, 2.45) is 0 Å². The van der Waals surface area contributed by atoms with E-state index < -0.39 is 11.9 Å². The fourth-order valence-electron chi connectivity index (χ4n) is 2.93. The molecule has 0 fully saturated rings. The first-order valence-corrected chi connectivity index (χ1v) is 10.7. The van der Waals surface area contributed by atoms with E-state index in [2.05, 4.69) is 55.7 Å². The number of anilines is 1. The number of esters is 2. The molecule has 0 aliphatic heterocycles. The van der Waals surface area contributed by atoms with E-state index in [1.54, 1.807) is 6.92 Å². The molecule has 2 rings (SSSR count). The number of ether oxygens (including phenoxy) is 2. The van der Waals surface area contributed by atoms with E-state index in [0.717, 1.165) is 16.9 Å². The lowest BCUT2D eigenvalue weighted by Gasteiger charge is -2.21. The van der Waals surface area contributed by atoms with E-state index in [1.807, 2.05) is 6.92 Å². The fraction of sp³-hybridized carbons (Fsp3) is 0.409. The van der Waals surface area contributed by atoms with Gasteiger partial charge in [0.2, 0.25) is 0 Å². The number of carbonyl (C=O) groups is 2. The molecule has 1 aromatic heterocycles. The second-order valence-electron chi connectivity index (χ2n) is 7.94. The van der Waals surface area contributed by atoms with Gasteiger partial charge in [0.1, 0.15) is 9.88 Å². The largest absolute Gasteiger partial charge is 0.465 e. The van der Waals surface area contributed by atoms with Crippen molar-refractivity contribution in [3.63, 3.8) is 0 Å². The first-order valence-electron chi connectivity index (χ1n) is 9.47. The zero-order valence-corrected chi connectivity index (χ0v) is 20.0. The summed E-state index contributed by atoms with van der Waals surface area (Å²) in [6.45, 7) is 10.2. The zero-order valence-electron chi connectivity index (χ0n) is 18.3. The third-order valence-electron chi connectivity index (χ3n) is 4.76. The molecule has 0 saturated heterocycles. The predicted molar refractivity (Wildman–Crippen MR) is 125 cm³/mol. The number of rotatable bonds is 5. The highest BCUT2D eigenvalue weighted by atomic mass is 32.1. The van der Waals surface area contributed by atoms with E-state index in [0.29, 0.717) is 20.6 Å². The highest BCUT2D eigenvalue weighted by molar-refractivity contribution is 7.80. The van der Waals surface area contributed by atoms with Gasteiger partial charge < -0.3 is 20.1 Å². The van der Waals surface area contributed by atoms with Crippen molar-refractivity contribution in [2.45, 2.75) is 46.1 Å². The Bertz CT molecular complexity index is 943. The molecule has 162 valence electrons. The third-order valence-corrected chi connectivity index (χ3v) is 6.17. The number of hydrogen-bond donors (Lipinski definition) is 2. The number of benzene rings is 1. The first kappa shape index (κ1) is 23.8. The third kappa shape index (κ3) is 5.37. The predicted octanol–water partition coefficient (Wildman–Crippen LogP) is 4.97. The summed E-state index contributed by atoms with van der Waals surface area (Å²) in [6, 6.07) is 8.33. The van der Waals surface area contributed by atoms with Crippen LogP contribution in [-0.2, 0) is 14.9 Å². The van der Waals surface area contributed by atoms with Crippen LogP contribution in [0, 0.1) is 6.92 Å². The molecule has 6 nitrogen and oxygen atoms in total. The molecule has 0 saturated carbocycles. The van der Waals surface area contributed by atoms with Gasteiger partial charge in [0.05, 0.1) is 25.8 Å². The smallest absolute Gasteiger partial charge is 0.348 e. The summed E-state index contributed by atoms with van der Waals surface area (Å²) >= 11 is 6.55. The maximum atomic E-state index is 12.2. The lowest BCUT2D eigenvalue weighted by Crippen LogP contribution is -2.31. The molecular weight excluding hydrogens is 420 g/mol. The van der Waals surface area contributed by atoms with Gasteiger partial charge in [-0.05, 0) is 48.2 Å². The summed E-state index contributed by atoms with van der Waals surface area (Å²) in [4.78, 5) is 24.6. The van der Waals surface area contributed by atoms with Gasteiger partial charge >= 0.3 is 11.9 Å². The zero-order chi connectivity index (χ0) is 22.6. The summed E-state index contributed by atoms with van der Waals surface area (Å²) < 4.78 is 9.67. The van der Waals surface area contributed by atoms with Gasteiger partial charge in [-0.2, -0.15) is 0 Å². The SMILES string of the molecule is COC(=O)c1sc(NC(=S)NC(C)c2ccc(C(C)(C)C)cc2)c(C(=O)OC)c1C. The summed E-state index contributed by atoms with van der Waals surface area (Å²) in [5.74, 6) is -1.06. The van der Waals surface area contributed by atoms with Gasteiger partial charge in [0, 0.05) is 0 Å². The fourth-order valence-corrected chi connectivity index (χ4v) is 4.39. The van der Waals surface area contributed by atoms with Crippen molar-refractivity contribution in [2.75, 3.05) is 19.5 Å². The van der Waals surface area contributed by atoms with Crippen LogP contribution >= 0.6 is 23.6 Å². The molecule has 2 aromatic rings. The molecule has 1 heterocycles. The van der Waals surface area contributed by atoms with Crippen molar-refractivity contribution in [1.29, 1.82) is 0 Å². The Balaban J connectivity index is 2.19. The average molecular weight is 449 g/mol. The highest BCUT2D eigenvalue weighted by Crippen LogP contribution is 2.34. The van der Waals surface area contributed by atoms with E-state index in [4.69, 9.17) is 21.7 Å². The Morgan fingerprint density at radius 3 is 2.13 bits per heavy atom. The van der Waals surface area contributed by atoms with Crippen LogP contribution in [0.5, 0.6) is 0 Å². The molecule has 2 N–H and O–H groups in total. The van der Waals surface area contributed by atoms with Crippen molar-refractivity contribution < 1.29 is 19.1 Å². The number of hydrogen-bond acceptors (Lipinski definition) is 6. The summed E-state index contributed by atoms with van der Waals surface area (Å²) in [5.41, 5.74) is 3.19. The minimum atomic E-state index is -0.546. The highest BCUT2D eigenvalue weighted by Gasteiger charge is 2.26. The molecule has 0 radical (unpaired) electrons. The minimum absolute atomic E-state index is 0.0540. The molecule has 0 bridgehead atoms. The molecule has 30 heavy (non-hydrogen) atoms.